The number of nitrogens with zero attached hydrogens (tertiary/aromatic N) is 2. The van der Waals surface area contributed by atoms with Crippen molar-refractivity contribution < 1.29 is 18.0 Å². The summed E-state index contributed by atoms with van der Waals surface area (Å²) in [5.41, 5.74) is 0.863. The van der Waals surface area contributed by atoms with E-state index in [1.54, 1.807) is 6.07 Å². The molecule has 2 aromatic rings. The average molecular weight is 363 g/mol. The Morgan fingerprint density at radius 1 is 1.19 bits per heavy atom. The Kier molecular flexibility index (Phi) is 5.15. The Labute approximate surface area is 150 Å². The highest BCUT2D eigenvalue weighted by atomic mass is 19.4. The van der Waals surface area contributed by atoms with Gasteiger partial charge in [-0.15, -0.1) is 0 Å². The number of rotatable bonds is 3. The summed E-state index contributed by atoms with van der Waals surface area (Å²) in [4.78, 5) is 18.3. The Bertz CT molecular complexity index is 784. The molecule has 0 unspecified atom stereocenters. The van der Waals surface area contributed by atoms with Crippen LogP contribution in [0.3, 0.4) is 0 Å². The highest BCUT2D eigenvalue weighted by Crippen LogP contribution is 2.31. The third-order valence-electron chi connectivity index (χ3n) is 4.62. The van der Waals surface area contributed by atoms with Crippen LogP contribution in [0.1, 0.15) is 34.3 Å². The van der Waals surface area contributed by atoms with Crippen molar-refractivity contribution in [3.05, 3.63) is 59.3 Å². The molecule has 0 radical (unpaired) electrons. The van der Waals surface area contributed by atoms with Gasteiger partial charge in [0.05, 0.1) is 5.56 Å². The first-order valence-electron chi connectivity index (χ1n) is 8.49. The zero-order chi connectivity index (χ0) is 18.7. The van der Waals surface area contributed by atoms with Crippen LogP contribution in [-0.2, 0) is 6.18 Å². The number of amides is 1. The second-order valence-corrected chi connectivity index (χ2v) is 6.45. The van der Waals surface area contributed by atoms with Crippen molar-refractivity contribution in [3.63, 3.8) is 0 Å². The summed E-state index contributed by atoms with van der Waals surface area (Å²) in [7, 11) is 0. The quantitative estimate of drug-likeness (QED) is 0.902. The number of carbonyl (C=O) groups is 1. The number of piperidine rings is 1. The fourth-order valence-electron chi connectivity index (χ4n) is 3.11. The van der Waals surface area contributed by atoms with Gasteiger partial charge in [0.1, 0.15) is 5.82 Å². The lowest BCUT2D eigenvalue weighted by Gasteiger charge is -2.33. The van der Waals surface area contributed by atoms with Gasteiger partial charge in [-0.1, -0.05) is 18.2 Å². The molecule has 7 heteroatoms. The van der Waals surface area contributed by atoms with Crippen molar-refractivity contribution in [2.24, 2.45) is 0 Å². The third-order valence-corrected chi connectivity index (χ3v) is 4.62. The maximum atomic E-state index is 12.8. The molecule has 0 spiro atoms. The van der Waals surface area contributed by atoms with Crippen molar-refractivity contribution in [3.8, 4) is 0 Å². The van der Waals surface area contributed by atoms with Crippen molar-refractivity contribution >= 4 is 11.7 Å². The highest BCUT2D eigenvalue weighted by Gasteiger charge is 2.31. The molecule has 26 heavy (non-hydrogen) atoms. The molecule has 3 rings (SSSR count). The lowest BCUT2D eigenvalue weighted by atomic mass is 10.0. The van der Waals surface area contributed by atoms with Crippen LogP contribution in [0, 0.1) is 6.92 Å². The van der Waals surface area contributed by atoms with Gasteiger partial charge in [0.15, 0.2) is 0 Å². The number of pyridine rings is 1. The average Bonchev–Trinajstić information content (AvgIpc) is 2.62. The molecule has 1 fully saturated rings. The van der Waals surface area contributed by atoms with Crippen LogP contribution in [0.15, 0.2) is 42.6 Å². The van der Waals surface area contributed by atoms with Gasteiger partial charge >= 0.3 is 6.18 Å². The number of hydrogen-bond donors (Lipinski definition) is 1. The highest BCUT2D eigenvalue weighted by molar-refractivity contribution is 5.95. The van der Waals surface area contributed by atoms with E-state index in [1.807, 2.05) is 30.0 Å². The molecule has 0 bridgehead atoms. The maximum Gasteiger partial charge on any atom is 0.416 e. The molecular weight excluding hydrogens is 343 g/mol. The molecule has 0 atom stereocenters. The number of alkyl halides is 3. The van der Waals surface area contributed by atoms with Crippen LogP contribution < -0.4 is 10.2 Å². The molecule has 1 N–H and O–H groups in total. The van der Waals surface area contributed by atoms with E-state index >= 15 is 0 Å². The Balaban J connectivity index is 1.60. The number of aryl methyl sites for hydroxylation is 1. The zero-order valence-electron chi connectivity index (χ0n) is 14.4. The summed E-state index contributed by atoms with van der Waals surface area (Å²) < 4.78 is 38.5. The Morgan fingerprint density at radius 2 is 1.88 bits per heavy atom. The van der Waals surface area contributed by atoms with Crippen molar-refractivity contribution in [1.82, 2.24) is 10.3 Å². The van der Waals surface area contributed by atoms with E-state index in [4.69, 9.17) is 0 Å². The summed E-state index contributed by atoms with van der Waals surface area (Å²) in [6.07, 6.45) is -1.87. The van der Waals surface area contributed by atoms with E-state index in [0.717, 1.165) is 17.7 Å². The first-order chi connectivity index (χ1) is 12.3. The smallest absolute Gasteiger partial charge is 0.356 e. The van der Waals surface area contributed by atoms with Crippen LogP contribution in [0.4, 0.5) is 19.0 Å². The van der Waals surface area contributed by atoms with Crippen molar-refractivity contribution in [1.29, 1.82) is 0 Å². The maximum absolute atomic E-state index is 12.8. The van der Waals surface area contributed by atoms with Crippen LogP contribution in [0.25, 0.3) is 0 Å². The van der Waals surface area contributed by atoms with Crippen LogP contribution in [0.5, 0.6) is 0 Å². The number of nitrogens with one attached hydrogen (secondary N) is 1. The van der Waals surface area contributed by atoms with E-state index in [9.17, 15) is 18.0 Å². The van der Waals surface area contributed by atoms with E-state index in [2.05, 4.69) is 10.3 Å². The number of carbonyl (C=O) groups excluding carboxylic acids is 1. The predicted molar refractivity (Wildman–Crippen MR) is 93.1 cm³/mol. The summed E-state index contributed by atoms with van der Waals surface area (Å²) >= 11 is 0. The van der Waals surface area contributed by atoms with E-state index in [0.29, 0.717) is 37.3 Å². The number of hydrogen-bond acceptors (Lipinski definition) is 3. The van der Waals surface area contributed by atoms with Crippen LogP contribution in [0.2, 0.25) is 0 Å². The van der Waals surface area contributed by atoms with Gasteiger partial charge in [0, 0.05) is 30.9 Å². The predicted octanol–water partition coefficient (Wildman–Crippen LogP) is 3.81. The van der Waals surface area contributed by atoms with E-state index in [1.165, 1.54) is 6.20 Å². The van der Waals surface area contributed by atoms with Crippen LogP contribution >= 0.6 is 0 Å². The monoisotopic (exact) mass is 363 g/mol. The second kappa shape index (κ2) is 7.35. The lowest BCUT2D eigenvalue weighted by molar-refractivity contribution is -0.137. The topological polar surface area (TPSA) is 45.2 Å². The number of benzene rings is 1. The van der Waals surface area contributed by atoms with Gasteiger partial charge in [-0.3, -0.25) is 4.79 Å². The minimum absolute atomic E-state index is 0.00385. The molecule has 1 aliphatic rings. The molecule has 1 aromatic carbocycles. The molecule has 138 valence electrons. The SMILES string of the molecule is Cc1ccccc1C(=O)NC1CCN(c2cc(C(F)(F)F)ccn2)CC1. The molecule has 0 aliphatic carbocycles. The normalized spacial score (nSPS) is 15.8. The number of aromatic nitrogens is 1. The van der Waals surface area contributed by atoms with Gasteiger partial charge in [-0.2, -0.15) is 13.2 Å². The molecule has 1 aromatic heterocycles. The summed E-state index contributed by atoms with van der Waals surface area (Å²) in [5.74, 6) is 0.210. The first-order valence-corrected chi connectivity index (χ1v) is 8.49. The van der Waals surface area contributed by atoms with Gasteiger partial charge < -0.3 is 10.2 Å². The van der Waals surface area contributed by atoms with Gasteiger partial charge in [-0.05, 0) is 43.5 Å². The zero-order valence-corrected chi connectivity index (χ0v) is 14.4. The van der Waals surface area contributed by atoms with Crippen molar-refractivity contribution in [2.75, 3.05) is 18.0 Å². The molecule has 2 heterocycles. The van der Waals surface area contributed by atoms with Gasteiger partial charge in [0.25, 0.3) is 5.91 Å². The standard InChI is InChI=1S/C19H20F3N3O/c1-13-4-2-3-5-16(13)18(26)24-15-7-10-25(11-8-15)17-12-14(6-9-23-17)19(20,21)22/h2-6,9,12,15H,7-8,10-11H2,1H3,(H,24,26). The summed E-state index contributed by atoms with van der Waals surface area (Å²) in [6, 6.07) is 9.43. The second-order valence-electron chi connectivity index (χ2n) is 6.45. The first kappa shape index (κ1) is 18.2. The summed E-state index contributed by atoms with van der Waals surface area (Å²) in [5, 5.41) is 3.02. The minimum Gasteiger partial charge on any atom is -0.356 e. The van der Waals surface area contributed by atoms with Gasteiger partial charge in [0.2, 0.25) is 0 Å². The van der Waals surface area contributed by atoms with E-state index < -0.39 is 11.7 Å². The molecule has 1 amide bonds. The van der Waals surface area contributed by atoms with Gasteiger partial charge in [-0.25, -0.2) is 4.98 Å². The summed E-state index contributed by atoms with van der Waals surface area (Å²) in [6.45, 7) is 2.98. The molecule has 1 aliphatic heterocycles. The largest absolute Gasteiger partial charge is 0.416 e. The fraction of sp³-hybridized carbons (Fsp3) is 0.368. The molecular formula is C19H20F3N3O. The van der Waals surface area contributed by atoms with Crippen molar-refractivity contribution in [2.45, 2.75) is 32.0 Å². The lowest BCUT2D eigenvalue weighted by Crippen LogP contribution is -2.45. The Hall–Kier alpha value is -2.57. The fourth-order valence-corrected chi connectivity index (χ4v) is 3.11. The number of halogens is 3. The van der Waals surface area contributed by atoms with Crippen LogP contribution in [-0.4, -0.2) is 30.0 Å². The molecule has 0 saturated carbocycles. The molecule has 4 nitrogen and oxygen atoms in total. The van der Waals surface area contributed by atoms with E-state index in [-0.39, 0.29) is 11.9 Å². The number of anilines is 1. The Morgan fingerprint density at radius 3 is 2.54 bits per heavy atom. The third kappa shape index (κ3) is 4.15. The minimum atomic E-state index is -4.38. The molecule has 1 saturated heterocycles.